The van der Waals surface area contributed by atoms with Crippen LogP contribution >= 0.6 is 0 Å². The van der Waals surface area contributed by atoms with Crippen molar-refractivity contribution >= 4 is 0 Å². The Labute approximate surface area is 123 Å². The Balaban J connectivity index is 2.58. The second kappa shape index (κ2) is 9.91. The third kappa shape index (κ3) is 5.61. The molecule has 0 spiro atoms. The lowest BCUT2D eigenvalue weighted by molar-refractivity contribution is 0.142. The highest BCUT2D eigenvalue weighted by atomic mass is 16.5. The monoisotopic (exact) mass is 282 g/mol. The molecule has 0 aromatic carbocycles. The normalized spacial score (nSPS) is 11.7. The average molecular weight is 282 g/mol. The highest BCUT2D eigenvalue weighted by Crippen LogP contribution is 2.15. The van der Waals surface area contributed by atoms with E-state index in [1.807, 2.05) is 0 Å². The summed E-state index contributed by atoms with van der Waals surface area (Å²) in [6.07, 6.45) is 5.36. The largest absolute Gasteiger partial charge is 0.383 e. The molecule has 0 unspecified atom stereocenters. The average Bonchev–Trinajstić information content (AvgIpc) is 2.91. The van der Waals surface area contributed by atoms with Gasteiger partial charge in [0.25, 0.3) is 0 Å². The highest BCUT2D eigenvalue weighted by Gasteiger charge is 2.11. The molecule has 1 aromatic rings. The van der Waals surface area contributed by atoms with Gasteiger partial charge < -0.3 is 10.5 Å². The number of hydrogen-bond acceptors (Lipinski definition) is 4. The maximum absolute atomic E-state index is 5.60. The second-order valence-electron chi connectivity index (χ2n) is 5.17. The third-order valence-electron chi connectivity index (χ3n) is 3.66. The SMILES string of the molecule is CCC(CC)n1ccc(CN(CCCN)CCOC)n1. The zero-order chi connectivity index (χ0) is 14.8. The van der Waals surface area contributed by atoms with Crippen LogP contribution in [-0.2, 0) is 11.3 Å². The fourth-order valence-electron chi connectivity index (χ4n) is 2.36. The van der Waals surface area contributed by atoms with Crippen molar-refractivity contribution in [3.63, 3.8) is 0 Å². The predicted octanol–water partition coefficient (Wildman–Crippen LogP) is 2.04. The van der Waals surface area contributed by atoms with Gasteiger partial charge in [0.05, 0.1) is 18.3 Å². The molecule has 20 heavy (non-hydrogen) atoms. The Bertz CT molecular complexity index is 341. The van der Waals surface area contributed by atoms with Crippen molar-refractivity contribution in [3.05, 3.63) is 18.0 Å². The lowest BCUT2D eigenvalue weighted by atomic mass is 10.2. The summed E-state index contributed by atoms with van der Waals surface area (Å²) in [6, 6.07) is 2.64. The number of aromatic nitrogens is 2. The molecule has 5 heteroatoms. The van der Waals surface area contributed by atoms with Crippen LogP contribution < -0.4 is 5.73 Å². The van der Waals surface area contributed by atoms with E-state index in [1.54, 1.807) is 7.11 Å². The van der Waals surface area contributed by atoms with E-state index in [4.69, 9.17) is 15.6 Å². The third-order valence-corrected chi connectivity index (χ3v) is 3.66. The second-order valence-corrected chi connectivity index (χ2v) is 5.17. The van der Waals surface area contributed by atoms with E-state index < -0.39 is 0 Å². The first-order valence-corrected chi connectivity index (χ1v) is 7.70. The molecular weight excluding hydrogens is 252 g/mol. The first-order valence-electron chi connectivity index (χ1n) is 7.70. The molecule has 0 radical (unpaired) electrons. The summed E-state index contributed by atoms with van der Waals surface area (Å²) in [6.45, 7) is 8.69. The van der Waals surface area contributed by atoms with Gasteiger partial charge in [-0.25, -0.2) is 0 Å². The van der Waals surface area contributed by atoms with Crippen molar-refractivity contribution < 1.29 is 4.74 Å². The van der Waals surface area contributed by atoms with Gasteiger partial charge in [-0.2, -0.15) is 5.10 Å². The Morgan fingerprint density at radius 3 is 2.70 bits per heavy atom. The van der Waals surface area contributed by atoms with Gasteiger partial charge in [0.2, 0.25) is 0 Å². The topological polar surface area (TPSA) is 56.3 Å². The van der Waals surface area contributed by atoms with E-state index in [-0.39, 0.29) is 0 Å². The number of methoxy groups -OCH3 is 1. The maximum Gasteiger partial charge on any atom is 0.0764 e. The summed E-state index contributed by atoms with van der Waals surface area (Å²) >= 11 is 0. The maximum atomic E-state index is 5.60. The van der Waals surface area contributed by atoms with Crippen molar-refractivity contribution in [2.24, 2.45) is 5.73 Å². The summed E-state index contributed by atoms with van der Waals surface area (Å²) < 4.78 is 7.27. The van der Waals surface area contributed by atoms with E-state index in [0.717, 1.165) is 57.7 Å². The van der Waals surface area contributed by atoms with Crippen molar-refractivity contribution in [2.45, 2.75) is 45.7 Å². The Morgan fingerprint density at radius 1 is 1.35 bits per heavy atom. The van der Waals surface area contributed by atoms with Gasteiger partial charge in [-0.3, -0.25) is 9.58 Å². The van der Waals surface area contributed by atoms with Crippen LogP contribution in [0.1, 0.15) is 44.8 Å². The molecule has 0 bridgehead atoms. The summed E-state index contributed by atoms with van der Waals surface area (Å²) in [5.41, 5.74) is 6.73. The molecule has 5 nitrogen and oxygen atoms in total. The minimum atomic E-state index is 0.514. The highest BCUT2D eigenvalue weighted by molar-refractivity contribution is 4.99. The first-order chi connectivity index (χ1) is 9.74. The first kappa shape index (κ1) is 17.1. The zero-order valence-corrected chi connectivity index (χ0v) is 13.2. The van der Waals surface area contributed by atoms with Crippen molar-refractivity contribution in [1.82, 2.24) is 14.7 Å². The fraction of sp³-hybridized carbons (Fsp3) is 0.800. The van der Waals surface area contributed by atoms with Gasteiger partial charge in [-0.05, 0) is 38.4 Å². The van der Waals surface area contributed by atoms with Gasteiger partial charge >= 0.3 is 0 Å². The molecule has 0 amide bonds. The molecule has 0 aliphatic carbocycles. The van der Waals surface area contributed by atoms with E-state index in [9.17, 15) is 0 Å². The Hall–Kier alpha value is -0.910. The fourth-order valence-corrected chi connectivity index (χ4v) is 2.36. The lowest BCUT2D eigenvalue weighted by Crippen LogP contribution is -2.29. The molecule has 0 atom stereocenters. The smallest absolute Gasteiger partial charge is 0.0764 e. The Morgan fingerprint density at radius 2 is 2.10 bits per heavy atom. The van der Waals surface area contributed by atoms with Crippen molar-refractivity contribution in [3.8, 4) is 0 Å². The van der Waals surface area contributed by atoms with Crippen LogP contribution in [0.25, 0.3) is 0 Å². The predicted molar refractivity (Wildman–Crippen MR) is 82.7 cm³/mol. The molecule has 1 heterocycles. The molecule has 1 rings (SSSR count). The van der Waals surface area contributed by atoms with Gasteiger partial charge in [0.1, 0.15) is 0 Å². The van der Waals surface area contributed by atoms with Crippen LogP contribution in [0.2, 0.25) is 0 Å². The molecule has 2 N–H and O–H groups in total. The van der Waals surface area contributed by atoms with E-state index >= 15 is 0 Å². The molecule has 1 aromatic heterocycles. The molecular formula is C15H30N4O. The molecule has 0 fully saturated rings. The van der Waals surface area contributed by atoms with Crippen molar-refractivity contribution in [1.29, 1.82) is 0 Å². The van der Waals surface area contributed by atoms with E-state index in [0.29, 0.717) is 6.04 Å². The van der Waals surface area contributed by atoms with Gasteiger partial charge in [-0.1, -0.05) is 13.8 Å². The van der Waals surface area contributed by atoms with E-state index in [1.165, 1.54) is 0 Å². The quantitative estimate of drug-likeness (QED) is 0.675. The molecule has 0 saturated carbocycles. The standard InChI is InChI=1S/C15H30N4O/c1-4-15(5-2)19-10-7-14(17-19)13-18(9-6-8-16)11-12-20-3/h7,10,15H,4-6,8-9,11-13,16H2,1-3H3. The van der Waals surface area contributed by atoms with Crippen LogP contribution in [0.15, 0.2) is 12.3 Å². The summed E-state index contributed by atoms with van der Waals surface area (Å²) in [4.78, 5) is 2.36. The number of nitrogens with zero attached hydrogens (tertiary/aromatic N) is 3. The molecule has 116 valence electrons. The summed E-state index contributed by atoms with van der Waals surface area (Å²) in [7, 11) is 1.74. The van der Waals surface area contributed by atoms with Gasteiger partial charge in [0.15, 0.2) is 0 Å². The molecule has 0 aliphatic rings. The Kier molecular flexibility index (Phi) is 8.49. The summed E-state index contributed by atoms with van der Waals surface area (Å²) in [5, 5.41) is 4.71. The van der Waals surface area contributed by atoms with Gasteiger partial charge in [-0.15, -0.1) is 0 Å². The van der Waals surface area contributed by atoms with Crippen LogP contribution in [0.5, 0.6) is 0 Å². The minimum Gasteiger partial charge on any atom is -0.383 e. The number of nitrogens with two attached hydrogens (primary N) is 1. The number of ether oxygens (including phenoxy) is 1. The van der Waals surface area contributed by atoms with Crippen LogP contribution in [0, 0.1) is 0 Å². The van der Waals surface area contributed by atoms with Crippen LogP contribution in [-0.4, -0.2) is 48.0 Å². The summed E-state index contributed by atoms with van der Waals surface area (Å²) in [5.74, 6) is 0. The van der Waals surface area contributed by atoms with Crippen LogP contribution in [0.3, 0.4) is 0 Å². The number of hydrogen-bond donors (Lipinski definition) is 1. The van der Waals surface area contributed by atoms with Gasteiger partial charge in [0, 0.05) is 26.4 Å². The number of rotatable bonds is 11. The zero-order valence-electron chi connectivity index (χ0n) is 13.2. The van der Waals surface area contributed by atoms with Crippen LogP contribution in [0.4, 0.5) is 0 Å². The van der Waals surface area contributed by atoms with E-state index in [2.05, 4.69) is 35.7 Å². The lowest BCUT2D eigenvalue weighted by Gasteiger charge is -2.20. The molecule has 0 aliphatic heterocycles. The molecule has 0 saturated heterocycles. The minimum absolute atomic E-state index is 0.514. The van der Waals surface area contributed by atoms with Crippen molar-refractivity contribution in [2.75, 3.05) is 33.4 Å².